The summed E-state index contributed by atoms with van der Waals surface area (Å²) in [5.74, 6) is 1.75. The van der Waals surface area contributed by atoms with Gasteiger partial charge in [-0.15, -0.1) is 0 Å². The molecule has 2 fully saturated rings. The third-order valence-electron chi connectivity index (χ3n) is 5.90. The zero-order valence-corrected chi connectivity index (χ0v) is 18.8. The van der Waals surface area contributed by atoms with Gasteiger partial charge in [-0.3, -0.25) is 14.6 Å². The summed E-state index contributed by atoms with van der Waals surface area (Å²) < 4.78 is 11.1. The summed E-state index contributed by atoms with van der Waals surface area (Å²) in [5.41, 5.74) is 0.419. The Kier molecular flexibility index (Phi) is 8.68. The number of nitrogens with zero attached hydrogens (tertiary/aromatic N) is 4. The fourth-order valence-corrected chi connectivity index (χ4v) is 3.97. The van der Waals surface area contributed by atoms with Crippen LogP contribution >= 0.6 is 0 Å². The summed E-state index contributed by atoms with van der Waals surface area (Å²) in [6, 6.07) is 0. The second kappa shape index (κ2) is 11.2. The van der Waals surface area contributed by atoms with Crippen molar-refractivity contribution in [1.82, 2.24) is 19.7 Å². The van der Waals surface area contributed by atoms with Gasteiger partial charge in [0, 0.05) is 52.4 Å². The summed E-state index contributed by atoms with van der Waals surface area (Å²) in [5, 5.41) is 10.2. The number of likely N-dealkylation sites (tertiary alicyclic amines) is 1. The summed E-state index contributed by atoms with van der Waals surface area (Å²) in [6.45, 7) is 13.9. The maximum absolute atomic E-state index is 12.6. The predicted molar refractivity (Wildman–Crippen MR) is 114 cm³/mol. The first-order valence-corrected chi connectivity index (χ1v) is 11.3. The van der Waals surface area contributed by atoms with E-state index in [1.165, 1.54) is 6.26 Å². The molecule has 170 valence electrons. The van der Waals surface area contributed by atoms with E-state index in [0.717, 1.165) is 52.1 Å². The van der Waals surface area contributed by atoms with Gasteiger partial charge in [-0.2, -0.15) is 0 Å². The van der Waals surface area contributed by atoms with Gasteiger partial charge in [0.05, 0.1) is 19.3 Å². The van der Waals surface area contributed by atoms with Crippen LogP contribution in [0.5, 0.6) is 0 Å². The summed E-state index contributed by atoms with van der Waals surface area (Å²) in [4.78, 5) is 23.5. The Hall–Kier alpha value is -1.48. The van der Waals surface area contributed by atoms with Crippen molar-refractivity contribution < 1.29 is 19.1 Å². The van der Waals surface area contributed by atoms with Crippen LogP contribution in [0.2, 0.25) is 0 Å². The standard InChI is InChI=1S/C22H38N4O4/c1-17(2)14-29-15-19(27)12-24-8-10-25(11-9-24)13-21-23-20(16-30-21)22(28)26-6-4-18(3)5-7-26/h16-19,27H,4-15H2,1-3H3. The van der Waals surface area contributed by atoms with Crippen molar-refractivity contribution in [3.05, 3.63) is 17.8 Å². The lowest BCUT2D eigenvalue weighted by atomic mass is 9.99. The Labute approximate surface area is 180 Å². The zero-order valence-electron chi connectivity index (χ0n) is 18.8. The minimum Gasteiger partial charge on any atom is -0.447 e. The molecule has 1 N–H and O–H groups in total. The first-order valence-electron chi connectivity index (χ1n) is 11.3. The van der Waals surface area contributed by atoms with Crippen LogP contribution < -0.4 is 0 Å². The van der Waals surface area contributed by atoms with Gasteiger partial charge in [-0.25, -0.2) is 4.98 Å². The van der Waals surface area contributed by atoms with E-state index in [1.54, 1.807) is 0 Å². The Morgan fingerprint density at radius 2 is 1.83 bits per heavy atom. The van der Waals surface area contributed by atoms with Crippen molar-refractivity contribution >= 4 is 5.91 Å². The van der Waals surface area contributed by atoms with Crippen molar-refractivity contribution in [2.75, 3.05) is 59.0 Å². The zero-order chi connectivity index (χ0) is 21.5. The summed E-state index contributed by atoms with van der Waals surface area (Å²) in [6.07, 6.45) is 3.16. The SMILES string of the molecule is CC(C)COCC(O)CN1CCN(Cc2nc(C(=O)N3CCC(C)CC3)co2)CC1. The van der Waals surface area contributed by atoms with Crippen LogP contribution in [0.1, 0.15) is 50.0 Å². The molecule has 1 atom stereocenters. The number of oxazole rings is 1. The highest BCUT2D eigenvalue weighted by molar-refractivity contribution is 5.92. The fraction of sp³-hybridized carbons (Fsp3) is 0.818. The van der Waals surface area contributed by atoms with Crippen LogP contribution in [-0.4, -0.2) is 95.8 Å². The molecule has 2 aliphatic heterocycles. The monoisotopic (exact) mass is 422 g/mol. The van der Waals surface area contributed by atoms with Gasteiger partial charge in [-0.1, -0.05) is 20.8 Å². The van der Waals surface area contributed by atoms with Gasteiger partial charge < -0.3 is 19.2 Å². The maximum atomic E-state index is 12.6. The molecule has 0 bridgehead atoms. The molecule has 3 rings (SSSR count). The fourth-order valence-electron chi connectivity index (χ4n) is 3.97. The molecule has 0 spiro atoms. The quantitative estimate of drug-likeness (QED) is 0.649. The number of hydrogen-bond acceptors (Lipinski definition) is 7. The van der Waals surface area contributed by atoms with Gasteiger partial charge in [0.25, 0.3) is 5.91 Å². The van der Waals surface area contributed by atoms with Crippen LogP contribution in [0.3, 0.4) is 0 Å². The molecule has 1 aromatic heterocycles. The Bertz CT molecular complexity index is 649. The van der Waals surface area contributed by atoms with Gasteiger partial charge in [0.2, 0.25) is 5.89 Å². The lowest BCUT2D eigenvalue weighted by molar-refractivity contribution is -0.000850. The summed E-state index contributed by atoms with van der Waals surface area (Å²) >= 11 is 0. The van der Waals surface area contributed by atoms with Gasteiger partial charge in [0.1, 0.15) is 6.26 Å². The molecule has 2 saturated heterocycles. The van der Waals surface area contributed by atoms with Crippen LogP contribution in [0.25, 0.3) is 0 Å². The first-order chi connectivity index (χ1) is 14.4. The number of piperazine rings is 1. The number of β-amino-alcohol motifs (C(OH)–C–C–N with tert-alkyl or cyclic N) is 1. The molecule has 0 aliphatic carbocycles. The van der Waals surface area contributed by atoms with Gasteiger partial charge in [-0.05, 0) is 24.7 Å². The number of aliphatic hydroxyl groups is 1. The lowest BCUT2D eigenvalue weighted by Gasteiger charge is -2.34. The molecule has 8 heteroatoms. The normalized spacial score (nSPS) is 20.8. The molecule has 3 heterocycles. The van der Waals surface area contributed by atoms with E-state index in [2.05, 4.69) is 35.6 Å². The highest BCUT2D eigenvalue weighted by Gasteiger charge is 2.25. The van der Waals surface area contributed by atoms with Crippen LogP contribution in [0.15, 0.2) is 10.7 Å². The minimum atomic E-state index is -0.451. The topological polar surface area (TPSA) is 82.3 Å². The van der Waals surface area contributed by atoms with E-state index in [4.69, 9.17) is 9.15 Å². The maximum Gasteiger partial charge on any atom is 0.275 e. The van der Waals surface area contributed by atoms with Crippen molar-refractivity contribution in [3.63, 3.8) is 0 Å². The molecule has 2 aliphatic rings. The number of carbonyl (C=O) groups is 1. The number of amides is 1. The first kappa shape index (κ1) is 23.2. The Balaban J connectivity index is 1.37. The smallest absolute Gasteiger partial charge is 0.275 e. The van der Waals surface area contributed by atoms with E-state index in [-0.39, 0.29) is 5.91 Å². The molecule has 1 aromatic rings. The van der Waals surface area contributed by atoms with Gasteiger partial charge >= 0.3 is 0 Å². The van der Waals surface area contributed by atoms with Crippen molar-refractivity contribution in [2.45, 2.75) is 46.3 Å². The third kappa shape index (κ3) is 7.04. The highest BCUT2D eigenvalue weighted by atomic mass is 16.5. The molecule has 0 radical (unpaired) electrons. The van der Waals surface area contributed by atoms with Crippen LogP contribution in [0, 0.1) is 11.8 Å². The number of carbonyl (C=O) groups excluding carboxylic acids is 1. The third-order valence-corrected chi connectivity index (χ3v) is 5.90. The number of rotatable bonds is 9. The molecule has 0 saturated carbocycles. The molecular formula is C22H38N4O4. The Morgan fingerprint density at radius 1 is 1.17 bits per heavy atom. The predicted octanol–water partition coefficient (Wildman–Crippen LogP) is 1.70. The van der Waals surface area contributed by atoms with Crippen molar-refractivity contribution in [2.24, 2.45) is 11.8 Å². The second-order valence-corrected chi connectivity index (χ2v) is 9.26. The van der Waals surface area contributed by atoms with Gasteiger partial charge in [0.15, 0.2) is 5.69 Å². The van der Waals surface area contributed by atoms with E-state index >= 15 is 0 Å². The van der Waals surface area contributed by atoms with E-state index in [0.29, 0.717) is 49.7 Å². The minimum absolute atomic E-state index is 0.0182. The Morgan fingerprint density at radius 3 is 2.50 bits per heavy atom. The van der Waals surface area contributed by atoms with E-state index in [9.17, 15) is 9.90 Å². The summed E-state index contributed by atoms with van der Waals surface area (Å²) in [7, 11) is 0. The number of ether oxygens (including phenoxy) is 1. The number of piperidine rings is 1. The average Bonchev–Trinajstić information content (AvgIpc) is 3.18. The molecule has 1 unspecified atom stereocenters. The van der Waals surface area contributed by atoms with Crippen LogP contribution in [-0.2, 0) is 11.3 Å². The largest absolute Gasteiger partial charge is 0.447 e. The number of hydrogen-bond donors (Lipinski definition) is 1. The highest BCUT2D eigenvalue weighted by Crippen LogP contribution is 2.18. The lowest BCUT2D eigenvalue weighted by Crippen LogP contribution is -2.48. The van der Waals surface area contributed by atoms with Crippen molar-refractivity contribution in [3.8, 4) is 0 Å². The molecule has 30 heavy (non-hydrogen) atoms. The number of aliphatic hydroxyl groups excluding tert-OH is 1. The van der Waals surface area contributed by atoms with E-state index < -0.39 is 6.10 Å². The number of aromatic nitrogens is 1. The molecular weight excluding hydrogens is 384 g/mol. The molecule has 1 amide bonds. The second-order valence-electron chi connectivity index (χ2n) is 9.26. The van der Waals surface area contributed by atoms with Crippen molar-refractivity contribution in [1.29, 1.82) is 0 Å². The molecule has 8 nitrogen and oxygen atoms in total. The van der Waals surface area contributed by atoms with Crippen LogP contribution in [0.4, 0.5) is 0 Å². The average molecular weight is 423 g/mol. The van der Waals surface area contributed by atoms with E-state index in [1.807, 2.05) is 4.90 Å². The molecule has 0 aromatic carbocycles.